The van der Waals surface area contributed by atoms with Crippen molar-refractivity contribution in [1.82, 2.24) is 30.0 Å². The number of guanidine groups is 1. The maximum absolute atomic E-state index is 12.8. The third kappa shape index (κ3) is 4.52. The highest BCUT2D eigenvalue weighted by atomic mass is 32.2. The van der Waals surface area contributed by atoms with Crippen molar-refractivity contribution in [3.63, 3.8) is 0 Å². The van der Waals surface area contributed by atoms with Crippen molar-refractivity contribution in [1.29, 1.82) is 0 Å². The van der Waals surface area contributed by atoms with Gasteiger partial charge < -0.3 is 19.6 Å². The molecule has 1 aromatic heterocycles. The van der Waals surface area contributed by atoms with Gasteiger partial charge in [-0.25, -0.2) is 19.8 Å². The number of piperazine rings is 1. The van der Waals surface area contributed by atoms with E-state index in [0.29, 0.717) is 6.54 Å². The molecule has 11 heteroatoms. The number of fused-ring (bicyclic) bond motifs is 1. The molecule has 5 rings (SSSR count). The van der Waals surface area contributed by atoms with Crippen molar-refractivity contribution < 1.29 is 9.59 Å². The number of rotatable bonds is 6. The van der Waals surface area contributed by atoms with E-state index in [1.807, 2.05) is 6.07 Å². The Morgan fingerprint density at radius 1 is 1.00 bits per heavy atom. The minimum Gasteiger partial charge on any atom is -0.368 e. The number of benzene rings is 1. The number of hydrogen-bond acceptors (Lipinski definition) is 9. The zero-order valence-corrected chi connectivity index (χ0v) is 19.9. The van der Waals surface area contributed by atoms with Gasteiger partial charge in [0.05, 0.1) is 0 Å². The number of aromatic nitrogens is 2. The Morgan fingerprint density at radius 2 is 1.71 bits per heavy atom. The SMILES string of the molecule is CN1C(=O)NC(=O)C2C1N=C(N1CCN(c3ccccc3)CC1)N2CCCSc1ncccn1. The molecule has 0 spiro atoms. The van der Waals surface area contributed by atoms with Gasteiger partial charge in [0.25, 0.3) is 5.91 Å². The fraction of sp³-hybridized carbons (Fsp3) is 0.435. The Bertz CT molecular complexity index is 1050. The van der Waals surface area contributed by atoms with Crippen molar-refractivity contribution in [3.05, 3.63) is 48.8 Å². The number of para-hydroxylation sites is 1. The number of anilines is 1. The van der Waals surface area contributed by atoms with Gasteiger partial charge >= 0.3 is 6.03 Å². The lowest BCUT2D eigenvalue weighted by atomic mass is 10.1. The zero-order chi connectivity index (χ0) is 23.5. The average molecular weight is 481 g/mol. The first kappa shape index (κ1) is 22.5. The van der Waals surface area contributed by atoms with E-state index in [4.69, 9.17) is 4.99 Å². The molecule has 4 heterocycles. The molecule has 3 aliphatic heterocycles. The second-order valence-corrected chi connectivity index (χ2v) is 9.49. The summed E-state index contributed by atoms with van der Waals surface area (Å²) in [5, 5.41) is 3.22. The Labute approximate surface area is 203 Å². The lowest BCUT2D eigenvalue weighted by molar-refractivity contribution is -0.127. The Hall–Kier alpha value is -3.34. The lowest BCUT2D eigenvalue weighted by Crippen LogP contribution is -2.64. The summed E-state index contributed by atoms with van der Waals surface area (Å²) in [6.45, 7) is 4.00. The van der Waals surface area contributed by atoms with Gasteiger partial charge in [0, 0.05) is 63.6 Å². The second kappa shape index (κ2) is 9.88. The van der Waals surface area contributed by atoms with Gasteiger partial charge in [0.15, 0.2) is 23.3 Å². The van der Waals surface area contributed by atoms with Crippen LogP contribution in [0.25, 0.3) is 0 Å². The number of carbonyl (C=O) groups excluding carboxylic acids is 2. The van der Waals surface area contributed by atoms with E-state index in [1.165, 1.54) is 10.6 Å². The molecule has 0 saturated carbocycles. The summed E-state index contributed by atoms with van der Waals surface area (Å²) in [5.74, 6) is 1.35. The highest BCUT2D eigenvalue weighted by Gasteiger charge is 2.49. The summed E-state index contributed by atoms with van der Waals surface area (Å²) >= 11 is 1.60. The van der Waals surface area contributed by atoms with Gasteiger partial charge in [-0.05, 0) is 24.6 Å². The number of imide groups is 1. The molecule has 178 valence electrons. The summed E-state index contributed by atoms with van der Waals surface area (Å²) in [6, 6.07) is 11.3. The van der Waals surface area contributed by atoms with Crippen LogP contribution in [0.3, 0.4) is 0 Å². The van der Waals surface area contributed by atoms with Crippen LogP contribution in [0.4, 0.5) is 10.5 Å². The lowest BCUT2D eigenvalue weighted by Gasteiger charge is -2.41. The van der Waals surface area contributed by atoms with Crippen LogP contribution in [0, 0.1) is 0 Å². The number of hydrogen-bond donors (Lipinski definition) is 1. The standard InChI is InChI=1S/C23H28N8O2S/c1-28-19-18(20(32)27-23(28)33)31(11-6-16-34-21-24-9-5-10-25-21)22(26-19)30-14-12-29(13-15-30)17-7-3-2-4-8-17/h2-5,7-10,18-19H,6,11-16H2,1H3,(H,27,32,33). The third-order valence-corrected chi connectivity index (χ3v) is 7.30. The van der Waals surface area contributed by atoms with Crippen LogP contribution in [0.5, 0.6) is 0 Å². The topological polar surface area (TPSA) is 97.3 Å². The summed E-state index contributed by atoms with van der Waals surface area (Å²) in [4.78, 5) is 46.7. The second-order valence-electron chi connectivity index (χ2n) is 8.43. The van der Waals surface area contributed by atoms with Gasteiger partial charge in [-0.15, -0.1) is 0 Å². The number of nitrogens with zero attached hydrogens (tertiary/aromatic N) is 7. The third-order valence-electron chi connectivity index (χ3n) is 6.34. The number of thioether (sulfide) groups is 1. The van der Waals surface area contributed by atoms with E-state index in [2.05, 4.69) is 54.2 Å². The van der Waals surface area contributed by atoms with Gasteiger partial charge in [-0.2, -0.15) is 0 Å². The molecule has 0 aliphatic carbocycles. The van der Waals surface area contributed by atoms with E-state index < -0.39 is 18.2 Å². The first-order chi connectivity index (χ1) is 16.6. The predicted molar refractivity (Wildman–Crippen MR) is 131 cm³/mol. The molecule has 0 bridgehead atoms. The molecule has 3 aliphatic rings. The van der Waals surface area contributed by atoms with Crippen LogP contribution in [0.1, 0.15) is 6.42 Å². The molecule has 2 fully saturated rings. The Balaban J connectivity index is 1.28. The minimum atomic E-state index is -0.511. The number of likely N-dealkylation sites (N-methyl/N-ethyl adjacent to an activating group) is 1. The fourth-order valence-corrected chi connectivity index (χ4v) is 5.30. The van der Waals surface area contributed by atoms with Crippen LogP contribution in [-0.4, -0.2) is 100 Å². The van der Waals surface area contributed by atoms with E-state index in [9.17, 15) is 9.59 Å². The van der Waals surface area contributed by atoms with Crippen molar-refractivity contribution in [2.75, 3.05) is 50.4 Å². The van der Waals surface area contributed by atoms with Crippen molar-refractivity contribution in [2.45, 2.75) is 23.8 Å². The van der Waals surface area contributed by atoms with Crippen LogP contribution >= 0.6 is 11.8 Å². The molecule has 34 heavy (non-hydrogen) atoms. The molecule has 2 unspecified atom stereocenters. The van der Waals surface area contributed by atoms with Crippen molar-refractivity contribution in [3.8, 4) is 0 Å². The normalized spacial score (nSPS) is 22.6. The molecule has 2 aromatic rings. The highest BCUT2D eigenvalue weighted by molar-refractivity contribution is 7.99. The van der Waals surface area contributed by atoms with Crippen LogP contribution in [-0.2, 0) is 4.79 Å². The summed E-state index contributed by atoms with van der Waals surface area (Å²) in [5.41, 5.74) is 1.21. The number of nitrogens with one attached hydrogen (secondary N) is 1. The average Bonchev–Trinajstić information content (AvgIpc) is 3.27. The monoisotopic (exact) mass is 480 g/mol. The first-order valence-corrected chi connectivity index (χ1v) is 12.5. The zero-order valence-electron chi connectivity index (χ0n) is 19.1. The molecule has 1 N–H and O–H groups in total. The molecule has 1 aromatic carbocycles. The van der Waals surface area contributed by atoms with Gasteiger partial charge in [-0.3, -0.25) is 10.1 Å². The Morgan fingerprint density at radius 3 is 2.44 bits per heavy atom. The first-order valence-electron chi connectivity index (χ1n) is 11.5. The van der Waals surface area contributed by atoms with Gasteiger partial charge in [0.1, 0.15) is 0 Å². The quantitative estimate of drug-likeness (QED) is 0.376. The molecule has 0 radical (unpaired) electrons. The maximum Gasteiger partial charge on any atom is 0.325 e. The van der Waals surface area contributed by atoms with E-state index in [0.717, 1.165) is 49.5 Å². The maximum atomic E-state index is 12.8. The molecule has 10 nitrogen and oxygen atoms in total. The summed E-state index contributed by atoms with van der Waals surface area (Å²) in [6.07, 6.45) is 3.80. The fourth-order valence-electron chi connectivity index (χ4n) is 4.58. The molecule has 3 amide bonds. The van der Waals surface area contributed by atoms with E-state index in [-0.39, 0.29) is 5.91 Å². The van der Waals surface area contributed by atoms with Crippen molar-refractivity contribution in [2.24, 2.45) is 4.99 Å². The van der Waals surface area contributed by atoms with E-state index >= 15 is 0 Å². The smallest absolute Gasteiger partial charge is 0.325 e. The van der Waals surface area contributed by atoms with Crippen LogP contribution < -0.4 is 10.2 Å². The van der Waals surface area contributed by atoms with Crippen LogP contribution in [0.2, 0.25) is 0 Å². The Kier molecular flexibility index (Phi) is 6.52. The number of aliphatic imine (C=N–C) groups is 1. The minimum absolute atomic E-state index is 0.284. The van der Waals surface area contributed by atoms with E-state index in [1.54, 1.807) is 37.3 Å². The highest BCUT2D eigenvalue weighted by Crippen LogP contribution is 2.27. The molecule has 2 saturated heterocycles. The molecular formula is C23H28N8O2S. The summed E-state index contributed by atoms with van der Waals surface area (Å²) < 4.78 is 0. The number of carbonyl (C=O) groups is 2. The van der Waals surface area contributed by atoms with Crippen LogP contribution in [0.15, 0.2) is 58.9 Å². The van der Waals surface area contributed by atoms with Gasteiger partial charge in [0.2, 0.25) is 0 Å². The van der Waals surface area contributed by atoms with Crippen molar-refractivity contribution >= 4 is 35.3 Å². The largest absolute Gasteiger partial charge is 0.368 e. The number of urea groups is 1. The summed E-state index contributed by atoms with van der Waals surface area (Å²) in [7, 11) is 1.69. The molecule has 2 atom stereocenters. The molecular weight excluding hydrogens is 452 g/mol. The number of amides is 3. The van der Waals surface area contributed by atoms with Gasteiger partial charge in [-0.1, -0.05) is 30.0 Å². The predicted octanol–water partition coefficient (Wildman–Crippen LogP) is 1.33.